The molecule has 1 aliphatic rings. The van der Waals surface area contributed by atoms with Crippen LogP contribution in [0.3, 0.4) is 0 Å². The van der Waals surface area contributed by atoms with Gasteiger partial charge in [0.25, 0.3) is 0 Å². The molecule has 0 heterocycles. The van der Waals surface area contributed by atoms with Gasteiger partial charge in [-0.1, -0.05) is 60.7 Å². The number of rotatable bonds is 5. The van der Waals surface area contributed by atoms with Crippen LogP contribution in [0.1, 0.15) is 30.4 Å². The Morgan fingerprint density at radius 1 is 0.810 bits per heavy atom. The van der Waals surface area contributed by atoms with E-state index in [0.29, 0.717) is 12.1 Å². The van der Waals surface area contributed by atoms with Gasteiger partial charge in [-0.25, -0.2) is 0 Å². The van der Waals surface area contributed by atoms with Crippen molar-refractivity contribution in [1.82, 2.24) is 4.90 Å². The average Bonchev–Trinajstić information content (AvgIpc) is 2.95. The molecule has 2 aromatic carbocycles. The number of hydrogen-bond acceptors (Lipinski definition) is 2. The van der Waals surface area contributed by atoms with E-state index in [1.807, 2.05) is 0 Å². The summed E-state index contributed by atoms with van der Waals surface area (Å²) in [4.78, 5) is 2.59. The minimum absolute atomic E-state index is 0.379. The molecule has 0 aromatic heterocycles. The third-order valence-electron chi connectivity index (χ3n) is 4.42. The van der Waals surface area contributed by atoms with E-state index in [1.54, 1.807) is 0 Å². The first-order valence-corrected chi connectivity index (χ1v) is 7.89. The zero-order chi connectivity index (χ0) is 14.5. The lowest BCUT2D eigenvalue weighted by molar-refractivity contribution is 0.179. The van der Waals surface area contributed by atoms with E-state index < -0.39 is 0 Å². The second-order valence-electron chi connectivity index (χ2n) is 6.10. The van der Waals surface area contributed by atoms with Crippen LogP contribution in [-0.2, 0) is 13.1 Å². The van der Waals surface area contributed by atoms with Gasteiger partial charge in [-0.3, -0.25) is 4.90 Å². The van der Waals surface area contributed by atoms with Crippen LogP contribution in [0, 0.1) is 0 Å². The zero-order valence-electron chi connectivity index (χ0n) is 12.5. The SMILES string of the molecule is NC1CCC(N(Cc2ccccc2)Cc2ccccc2)C1. The van der Waals surface area contributed by atoms with Crippen LogP contribution in [0.4, 0.5) is 0 Å². The summed E-state index contributed by atoms with van der Waals surface area (Å²) in [6, 6.07) is 22.5. The smallest absolute Gasteiger partial charge is 0.0240 e. The van der Waals surface area contributed by atoms with Gasteiger partial charge in [0.1, 0.15) is 0 Å². The molecular weight excluding hydrogens is 256 g/mol. The quantitative estimate of drug-likeness (QED) is 0.907. The van der Waals surface area contributed by atoms with E-state index in [4.69, 9.17) is 5.73 Å². The highest BCUT2D eigenvalue weighted by Crippen LogP contribution is 2.26. The van der Waals surface area contributed by atoms with Gasteiger partial charge in [-0.15, -0.1) is 0 Å². The van der Waals surface area contributed by atoms with E-state index in [9.17, 15) is 0 Å². The van der Waals surface area contributed by atoms with Crippen LogP contribution in [-0.4, -0.2) is 17.0 Å². The monoisotopic (exact) mass is 280 g/mol. The summed E-state index contributed by atoms with van der Waals surface area (Å²) >= 11 is 0. The van der Waals surface area contributed by atoms with E-state index >= 15 is 0 Å². The van der Waals surface area contributed by atoms with Crippen molar-refractivity contribution in [2.45, 2.75) is 44.4 Å². The Morgan fingerprint density at radius 2 is 1.33 bits per heavy atom. The molecular formula is C19H24N2. The number of nitrogens with two attached hydrogens (primary N) is 1. The van der Waals surface area contributed by atoms with Gasteiger partial charge in [0.05, 0.1) is 0 Å². The van der Waals surface area contributed by atoms with E-state index in [1.165, 1.54) is 17.5 Å². The zero-order valence-corrected chi connectivity index (χ0v) is 12.5. The normalized spacial score (nSPS) is 21.8. The van der Waals surface area contributed by atoms with Gasteiger partial charge < -0.3 is 5.73 Å². The fourth-order valence-corrected chi connectivity index (χ4v) is 3.27. The van der Waals surface area contributed by atoms with Crippen molar-refractivity contribution >= 4 is 0 Å². The van der Waals surface area contributed by atoms with Crippen LogP contribution >= 0.6 is 0 Å². The molecule has 2 unspecified atom stereocenters. The third kappa shape index (κ3) is 3.93. The van der Waals surface area contributed by atoms with Crippen LogP contribution < -0.4 is 5.73 Å². The molecule has 2 aromatic rings. The van der Waals surface area contributed by atoms with Gasteiger partial charge >= 0.3 is 0 Å². The molecule has 1 saturated carbocycles. The molecule has 0 aliphatic heterocycles. The predicted octanol–water partition coefficient (Wildman–Crippen LogP) is 3.57. The van der Waals surface area contributed by atoms with Crippen LogP contribution in [0.2, 0.25) is 0 Å². The Kier molecular flexibility index (Phi) is 4.69. The predicted molar refractivity (Wildman–Crippen MR) is 87.7 cm³/mol. The third-order valence-corrected chi connectivity index (χ3v) is 4.42. The summed E-state index contributed by atoms with van der Waals surface area (Å²) in [5, 5.41) is 0. The number of hydrogen-bond donors (Lipinski definition) is 1. The molecule has 0 spiro atoms. The van der Waals surface area contributed by atoms with E-state index in [-0.39, 0.29) is 0 Å². The van der Waals surface area contributed by atoms with Crippen molar-refractivity contribution < 1.29 is 0 Å². The van der Waals surface area contributed by atoms with Crippen molar-refractivity contribution in [2.75, 3.05) is 0 Å². The molecule has 0 saturated heterocycles. The summed E-state index contributed by atoms with van der Waals surface area (Å²) in [6.07, 6.45) is 3.51. The minimum atomic E-state index is 0.379. The van der Waals surface area contributed by atoms with Crippen molar-refractivity contribution in [3.63, 3.8) is 0 Å². The largest absolute Gasteiger partial charge is 0.328 e. The molecule has 3 rings (SSSR count). The molecule has 2 atom stereocenters. The average molecular weight is 280 g/mol. The molecule has 0 amide bonds. The summed E-state index contributed by atoms with van der Waals surface area (Å²) in [7, 11) is 0. The minimum Gasteiger partial charge on any atom is -0.328 e. The number of nitrogens with zero attached hydrogens (tertiary/aromatic N) is 1. The summed E-state index contributed by atoms with van der Waals surface area (Å²) in [5.74, 6) is 0. The fourth-order valence-electron chi connectivity index (χ4n) is 3.27. The Hall–Kier alpha value is -1.64. The lowest BCUT2D eigenvalue weighted by atomic mass is 10.1. The highest BCUT2D eigenvalue weighted by molar-refractivity contribution is 5.17. The maximum Gasteiger partial charge on any atom is 0.0240 e. The Bertz CT molecular complexity index is 497. The first kappa shape index (κ1) is 14.3. The molecule has 1 fully saturated rings. The lowest BCUT2D eigenvalue weighted by Crippen LogP contribution is -2.33. The maximum absolute atomic E-state index is 6.12. The summed E-state index contributed by atoms with van der Waals surface area (Å²) in [5.41, 5.74) is 8.89. The Labute approximate surface area is 127 Å². The van der Waals surface area contributed by atoms with Crippen molar-refractivity contribution in [3.8, 4) is 0 Å². The van der Waals surface area contributed by atoms with Crippen molar-refractivity contribution in [2.24, 2.45) is 5.73 Å². The Balaban J connectivity index is 1.74. The molecule has 0 bridgehead atoms. The highest BCUT2D eigenvalue weighted by Gasteiger charge is 2.27. The summed E-state index contributed by atoms with van der Waals surface area (Å²) in [6.45, 7) is 2.01. The van der Waals surface area contributed by atoms with Crippen LogP contribution in [0.5, 0.6) is 0 Å². The topological polar surface area (TPSA) is 29.3 Å². The van der Waals surface area contributed by atoms with Gasteiger partial charge in [0, 0.05) is 25.2 Å². The molecule has 110 valence electrons. The van der Waals surface area contributed by atoms with Gasteiger partial charge in [0.15, 0.2) is 0 Å². The molecule has 0 radical (unpaired) electrons. The first-order valence-electron chi connectivity index (χ1n) is 7.89. The lowest BCUT2D eigenvalue weighted by Gasteiger charge is -2.29. The molecule has 1 aliphatic carbocycles. The molecule has 2 N–H and O–H groups in total. The fraction of sp³-hybridized carbons (Fsp3) is 0.368. The summed E-state index contributed by atoms with van der Waals surface area (Å²) < 4.78 is 0. The van der Waals surface area contributed by atoms with E-state index in [0.717, 1.165) is 25.9 Å². The van der Waals surface area contributed by atoms with Gasteiger partial charge in [-0.2, -0.15) is 0 Å². The van der Waals surface area contributed by atoms with Crippen molar-refractivity contribution in [3.05, 3.63) is 71.8 Å². The van der Waals surface area contributed by atoms with Gasteiger partial charge in [0.2, 0.25) is 0 Å². The van der Waals surface area contributed by atoms with Crippen molar-refractivity contribution in [1.29, 1.82) is 0 Å². The second kappa shape index (κ2) is 6.88. The standard InChI is InChI=1S/C19H24N2/c20-18-11-12-19(13-18)21(14-16-7-3-1-4-8-16)15-17-9-5-2-6-10-17/h1-10,18-19H,11-15,20H2. The number of benzene rings is 2. The Morgan fingerprint density at radius 3 is 1.76 bits per heavy atom. The highest BCUT2D eigenvalue weighted by atomic mass is 15.2. The first-order chi connectivity index (χ1) is 10.3. The second-order valence-corrected chi connectivity index (χ2v) is 6.10. The van der Waals surface area contributed by atoms with Crippen LogP contribution in [0.15, 0.2) is 60.7 Å². The van der Waals surface area contributed by atoms with E-state index in [2.05, 4.69) is 65.6 Å². The molecule has 2 nitrogen and oxygen atoms in total. The van der Waals surface area contributed by atoms with Gasteiger partial charge in [-0.05, 0) is 30.4 Å². The maximum atomic E-state index is 6.12. The van der Waals surface area contributed by atoms with Crippen LogP contribution in [0.25, 0.3) is 0 Å². The molecule has 2 heteroatoms. The molecule has 21 heavy (non-hydrogen) atoms.